The Balaban J connectivity index is 2.26. The van der Waals surface area contributed by atoms with E-state index in [0.29, 0.717) is 0 Å². The third kappa shape index (κ3) is 4.19. The van der Waals surface area contributed by atoms with Crippen LogP contribution in [-0.2, 0) is 6.42 Å². The highest BCUT2D eigenvalue weighted by atomic mass is 32.1. The van der Waals surface area contributed by atoms with Gasteiger partial charge in [-0.25, -0.2) is 0 Å². The van der Waals surface area contributed by atoms with E-state index >= 15 is 0 Å². The lowest BCUT2D eigenvalue weighted by Gasteiger charge is -2.21. The number of hydrogen-bond acceptors (Lipinski definition) is 5. The van der Waals surface area contributed by atoms with E-state index in [2.05, 4.69) is 23.3 Å². The summed E-state index contributed by atoms with van der Waals surface area (Å²) in [4.78, 5) is 5.42. The van der Waals surface area contributed by atoms with Gasteiger partial charge in [-0.3, -0.25) is 4.98 Å². The molecule has 0 aliphatic carbocycles. The first-order valence-corrected chi connectivity index (χ1v) is 7.99. The Kier molecular flexibility index (Phi) is 6.02. The molecule has 1 N–H and O–H groups in total. The van der Waals surface area contributed by atoms with E-state index in [4.69, 9.17) is 9.47 Å². The maximum atomic E-state index is 5.54. The lowest BCUT2D eigenvalue weighted by Crippen LogP contribution is -2.24. The largest absolute Gasteiger partial charge is 0.497 e. The zero-order valence-electron chi connectivity index (χ0n) is 12.8. The molecule has 2 rings (SSSR count). The molecule has 1 aromatic heterocycles. The van der Waals surface area contributed by atoms with Crippen molar-refractivity contribution in [3.8, 4) is 11.5 Å². The Labute approximate surface area is 130 Å². The van der Waals surface area contributed by atoms with Crippen LogP contribution in [0.15, 0.2) is 29.9 Å². The number of aromatic nitrogens is 1. The average molecular weight is 306 g/mol. The molecule has 2 aromatic rings. The average Bonchev–Trinajstić information content (AvgIpc) is 3.03. The third-order valence-electron chi connectivity index (χ3n) is 3.35. The van der Waals surface area contributed by atoms with Crippen molar-refractivity contribution in [1.82, 2.24) is 10.3 Å². The van der Waals surface area contributed by atoms with Gasteiger partial charge < -0.3 is 14.8 Å². The van der Waals surface area contributed by atoms with Crippen molar-refractivity contribution >= 4 is 11.3 Å². The first-order valence-electron chi connectivity index (χ1n) is 7.11. The molecule has 0 spiro atoms. The Morgan fingerprint density at radius 2 is 2.14 bits per heavy atom. The Hall–Kier alpha value is -1.59. The Bertz CT molecular complexity index is 543. The number of rotatable bonds is 8. The molecule has 0 saturated heterocycles. The van der Waals surface area contributed by atoms with E-state index in [1.54, 1.807) is 25.6 Å². The molecule has 1 aromatic carbocycles. The summed E-state index contributed by atoms with van der Waals surface area (Å²) in [7, 11) is 3.36. The summed E-state index contributed by atoms with van der Waals surface area (Å²) < 4.78 is 10.8. The monoisotopic (exact) mass is 306 g/mol. The van der Waals surface area contributed by atoms with Gasteiger partial charge in [-0.1, -0.05) is 13.0 Å². The van der Waals surface area contributed by atoms with E-state index in [9.17, 15) is 0 Å². The molecule has 1 unspecified atom stereocenters. The lowest BCUT2D eigenvalue weighted by molar-refractivity contribution is 0.383. The molecule has 0 aliphatic rings. The number of thiazole rings is 1. The number of hydrogen-bond donors (Lipinski definition) is 1. The zero-order valence-corrected chi connectivity index (χ0v) is 13.6. The Morgan fingerprint density at radius 3 is 2.76 bits per heavy atom. The molecule has 0 saturated carbocycles. The van der Waals surface area contributed by atoms with Crippen molar-refractivity contribution in [3.63, 3.8) is 0 Å². The number of nitrogens with one attached hydrogen (secondary N) is 1. The molecule has 1 heterocycles. The summed E-state index contributed by atoms with van der Waals surface area (Å²) in [6, 6.07) is 6.20. The predicted molar refractivity (Wildman–Crippen MR) is 86.4 cm³/mol. The second kappa shape index (κ2) is 8.00. The van der Waals surface area contributed by atoms with Crippen LogP contribution >= 0.6 is 11.3 Å². The van der Waals surface area contributed by atoms with Gasteiger partial charge in [0.05, 0.1) is 19.7 Å². The highest BCUT2D eigenvalue weighted by Crippen LogP contribution is 2.31. The molecule has 4 nitrogen and oxygen atoms in total. The van der Waals surface area contributed by atoms with Gasteiger partial charge in [0.1, 0.15) is 11.5 Å². The maximum Gasteiger partial charge on any atom is 0.127 e. The second-order valence-corrected chi connectivity index (χ2v) is 5.76. The lowest BCUT2D eigenvalue weighted by atomic mass is 10.0. The predicted octanol–water partition coefficient (Wildman–Crippen LogP) is 3.44. The van der Waals surface area contributed by atoms with Crippen LogP contribution in [0.1, 0.15) is 29.8 Å². The minimum atomic E-state index is 0.214. The molecule has 0 radical (unpaired) electrons. The van der Waals surface area contributed by atoms with Crippen molar-refractivity contribution in [2.24, 2.45) is 0 Å². The fraction of sp³-hybridized carbons (Fsp3) is 0.438. The van der Waals surface area contributed by atoms with Crippen LogP contribution in [0.5, 0.6) is 11.5 Å². The molecular weight excluding hydrogens is 284 g/mol. The summed E-state index contributed by atoms with van der Waals surface area (Å²) >= 11 is 1.68. The topological polar surface area (TPSA) is 43.4 Å². The van der Waals surface area contributed by atoms with Gasteiger partial charge in [-0.05, 0) is 19.0 Å². The van der Waals surface area contributed by atoms with Crippen LogP contribution in [0.25, 0.3) is 0 Å². The smallest absolute Gasteiger partial charge is 0.127 e. The van der Waals surface area contributed by atoms with Gasteiger partial charge >= 0.3 is 0 Å². The molecule has 0 aliphatic heterocycles. The summed E-state index contributed by atoms with van der Waals surface area (Å²) in [6.07, 6.45) is 3.94. The first-order chi connectivity index (χ1) is 10.3. The van der Waals surface area contributed by atoms with Gasteiger partial charge in [-0.2, -0.15) is 0 Å². The van der Waals surface area contributed by atoms with Crippen molar-refractivity contribution in [2.75, 3.05) is 20.8 Å². The first kappa shape index (κ1) is 15.8. The van der Waals surface area contributed by atoms with Crippen LogP contribution in [0.3, 0.4) is 0 Å². The number of methoxy groups -OCH3 is 2. The molecular formula is C16H22N2O2S. The summed E-state index contributed by atoms with van der Waals surface area (Å²) in [6.45, 7) is 3.14. The summed E-state index contributed by atoms with van der Waals surface area (Å²) in [5.41, 5.74) is 3.03. The fourth-order valence-electron chi connectivity index (χ4n) is 2.26. The quantitative estimate of drug-likeness (QED) is 0.811. The van der Waals surface area contributed by atoms with Gasteiger partial charge in [0.15, 0.2) is 0 Å². The molecule has 21 heavy (non-hydrogen) atoms. The van der Waals surface area contributed by atoms with Crippen molar-refractivity contribution in [1.29, 1.82) is 0 Å². The third-order valence-corrected chi connectivity index (χ3v) is 4.15. The highest BCUT2D eigenvalue weighted by molar-refractivity contribution is 7.09. The SMILES string of the molecule is CCCNC(Cc1cncs1)c1ccc(OC)cc1OC. The van der Waals surface area contributed by atoms with E-state index in [1.165, 1.54) is 4.88 Å². The van der Waals surface area contributed by atoms with Crippen LogP contribution in [0.2, 0.25) is 0 Å². The summed E-state index contributed by atoms with van der Waals surface area (Å²) in [5.74, 6) is 1.66. The molecule has 0 fully saturated rings. The van der Waals surface area contributed by atoms with E-state index in [0.717, 1.165) is 36.4 Å². The molecule has 1 atom stereocenters. The van der Waals surface area contributed by atoms with Gasteiger partial charge in [0.2, 0.25) is 0 Å². The number of nitrogens with zero attached hydrogens (tertiary/aromatic N) is 1. The van der Waals surface area contributed by atoms with Crippen LogP contribution in [0, 0.1) is 0 Å². The zero-order chi connectivity index (χ0) is 15.1. The number of benzene rings is 1. The van der Waals surface area contributed by atoms with Crippen LogP contribution in [-0.4, -0.2) is 25.7 Å². The number of ether oxygens (including phenoxy) is 2. The van der Waals surface area contributed by atoms with E-state index < -0.39 is 0 Å². The van der Waals surface area contributed by atoms with Crippen molar-refractivity contribution in [2.45, 2.75) is 25.8 Å². The van der Waals surface area contributed by atoms with Crippen LogP contribution < -0.4 is 14.8 Å². The summed E-state index contributed by atoms with van der Waals surface area (Å²) in [5, 5.41) is 3.59. The normalized spacial score (nSPS) is 12.1. The molecule has 5 heteroatoms. The van der Waals surface area contributed by atoms with E-state index in [1.807, 2.05) is 23.8 Å². The van der Waals surface area contributed by atoms with Crippen molar-refractivity contribution < 1.29 is 9.47 Å². The fourth-order valence-corrected chi connectivity index (χ4v) is 2.90. The molecule has 0 bridgehead atoms. The minimum Gasteiger partial charge on any atom is -0.497 e. The van der Waals surface area contributed by atoms with Gasteiger partial charge in [0.25, 0.3) is 0 Å². The standard InChI is InChI=1S/C16H22N2O2S/c1-4-7-18-15(9-13-10-17-11-21-13)14-6-5-12(19-2)8-16(14)20-3/h5-6,8,10-11,15,18H,4,7,9H2,1-3H3. The van der Waals surface area contributed by atoms with Gasteiger partial charge in [-0.15, -0.1) is 11.3 Å². The Morgan fingerprint density at radius 1 is 1.29 bits per heavy atom. The highest BCUT2D eigenvalue weighted by Gasteiger charge is 2.17. The molecule has 0 amide bonds. The second-order valence-electron chi connectivity index (χ2n) is 4.79. The van der Waals surface area contributed by atoms with Gasteiger partial charge in [0, 0.05) is 35.2 Å². The maximum absolute atomic E-state index is 5.54. The minimum absolute atomic E-state index is 0.214. The van der Waals surface area contributed by atoms with Crippen LogP contribution in [0.4, 0.5) is 0 Å². The molecule has 114 valence electrons. The van der Waals surface area contributed by atoms with E-state index in [-0.39, 0.29) is 6.04 Å². The van der Waals surface area contributed by atoms with Crippen molar-refractivity contribution in [3.05, 3.63) is 40.3 Å².